The highest BCUT2D eigenvalue weighted by Crippen LogP contribution is 2.31. The van der Waals surface area contributed by atoms with Crippen LogP contribution in [0.4, 0.5) is 10.1 Å². The van der Waals surface area contributed by atoms with Gasteiger partial charge in [-0.3, -0.25) is 13.9 Å². The van der Waals surface area contributed by atoms with Crippen molar-refractivity contribution in [2.45, 2.75) is 52.2 Å². The maximum absolute atomic E-state index is 14.3. The topological polar surface area (TPSA) is 86.8 Å². The molecule has 2 aromatic rings. The Labute approximate surface area is 216 Å². The van der Waals surface area contributed by atoms with Crippen LogP contribution in [-0.4, -0.2) is 50.0 Å². The zero-order chi connectivity index (χ0) is 26.3. The van der Waals surface area contributed by atoms with Crippen molar-refractivity contribution in [3.8, 4) is 0 Å². The lowest BCUT2D eigenvalue weighted by Crippen LogP contribution is -2.49. The highest BCUT2D eigenvalue weighted by Gasteiger charge is 2.28. The second-order valence-electron chi connectivity index (χ2n) is 8.49. The number of halogens is 3. The number of benzene rings is 2. The molecule has 0 unspecified atom stereocenters. The van der Waals surface area contributed by atoms with E-state index >= 15 is 0 Å². The van der Waals surface area contributed by atoms with Crippen LogP contribution in [0.25, 0.3) is 0 Å². The molecule has 0 saturated heterocycles. The van der Waals surface area contributed by atoms with Crippen LogP contribution >= 0.6 is 23.2 Å². The number of amides is 2. The average molecular weight is 546 g/mol. The molecule has 11 heteroatoms. The summed E-state index contributed by atoms with van der Waals surface area (Å²) >= 11 is 12.2. The van der Waals surface area contributed by atoms with Crippen LogP contribution in [0, 0.1) is 5.82 Å². The Morgan fingerprint density at radius 1 is 1.09 bits per heavy atom. The van der Waals surface area contributed by atoms with E-state index in [-0.39, 0.29) is 54.2 Å². The van der Waals surface area contributed by atoms with Gasteiger partial charge in [0.15, 0.2) is 0 Å². The van der Waals surface area contributed by atoms with Crippen molar-refractivity contribution >= 4 is 50.7 Å². The molecule has 192 valence electrons. The van der Waals surface area contributed by atoms with E-state index in [9.17, 15) is 22.4 Å². The third-order valence-corrected chi connectivity index (χ3v) is 6.96. The van der Waals surface area contributed by atoms with E-state index in [0.717, 1.165) is 10.6 Å². The molecule has 0 aliphatic carbocycles. The maximum atomic E-state index is 14.3. The molecule has 0 bridgehead atoms. The van der Waals surface area contributed by atoms with Crippen molar-refractivity contribution in [2.24, 2.45) is 0 Å². The van der Waals surface area contributed by atoms with Gasteiger partial charge in [0.25, 0.3) is 0 Å². The van der Waals surface area contributed by atoms with Crippen LogP contribution in [-0.2, 0) is 26.2 Å². The number of hydrogen-bond donors (Lipinski definition) is 1. The number of carbonyl (C=O) groups excluding carboxylic acids is 2. The highest BCUT2D eigenvalue weighted by atomic mass is 35.5. The van der Waals surface area contributed by atoms with E-state index in [1.807, 2.05) is 0 Å². The van der Waals surface area contributed by atoms with Gasteiger partial charge >= 0.3 is 0 Å². The van der Waals surface area contributed by atoms with E-state index in [4.69, 9.17) is 23.2 Å². The molecule has 0 saturated carbocycles. The summed E-state index contributed by atoms with van der Waals surface area (Å²) in [5.41, 5.74) is 0.482. The van der Waals surface area contributed by atoms with Crippen molar-refractivity contribution in [3.05, 3.63) is 63.9 Å². The highest BCUT2D eigenvalue weighted by molar-refractivity contribution is 7.92. The van der Waals surface area contributed by atoms with E-state index in [0.29, 0.717) is 5.02 Å². The monoisotopic (exact) mass is 545 g/mol. The van der Waals surface area contributed by atoms with Crippen LogP contribution in [0.15, 0.2) is 42.5 Å². The summed E-state index contributed by atoms with van der Waals surface area (Å²) in [6.45, 7) is 5.03. The van der Waals surface area contributed by atoms with Gasteiger partial charge in [0.05, 0.1) is 17.0 Å². The zero-order valence-corrected chi connectivity index (χ0v) is 22.4. The molecule has 0 radical (unpaired) electrons. The third-order valence-electron chi connectivity index (χ3n) is 5.23. The first kappa shape index (κ1) is 28.9. The second-order valence-corrected chi connectivity index (χ2v) is 11.2. The van der Waals surface area contributed by atoms with Gasteiger partial charge in [0.1, 0.15) is 11.9 Å². The minimum atomic E-state index is -3.72. The molecule has 0 aromatic heterocycles. The molecule has 0 aliphatic rings. The van der Waals surface area contributed by atoms with Gasteiger partial charge in [-0.15, -0.1) is 0 Å². The quantitative estimate of drug-likeness (QED) is 0.446. The van der Waals surface area contributed by atoms with Crippen LogP contribution in [0.2, 0.25) is 10.0 Å². The smallest absolute Gasteiger partial charge is 0.242 e. The number of rotatable bonds is 11. The molecule has 0 heterocycles. The molecular formula is C24H30Cl2FN3O4S. The Bertz CT molecular complexity index is 1160. The van der Waals surface area contributed by atoms with Crippen molar-refractivity contribution in [3.63, 3.8) is 0 Å². The molecule has 35 heavy (non-hydrogen) atoms. The fourth-order valence-corrected chi connectivity index (χ4v) is 4.86. The van der Waals surface area contributed by atoms with Gasteiger partial charge in [0.2, 0.25) is 21.8 Å². The standard InChI is InChI=1S/C24H30Cl2FN3O4S/c1-16(2)28-24(32)17(3)29(15-18-8-5-6-9-21(18)27)23(31)10-7-13-30(35(4,33)34)22-14-19(25)11-12-20(22)26/h5-6,8-9,11-12,14,16-17H,7,10,13,15H2,1-4H3,(H,28,32)/t17-/m0/s1. The first-order chi connectivity index (χ1) is 16.3. The van der Waals surface area contributed by atoms with Crippen LogP contribution in [0.3, 0.4) is 0 Å². The molecule has 7 nitrogen and oxygen atoms in total. The fourth-order valence-electron chi connectivity index (χ4n) is 3.46. The van der Waals surface area contributed by atoms with Crippen molar-refractivity contribution < 1.29 is 22.4 Å². The predicted molar refractivity (Wildman–Crippen MR) is 138 cm³/mol. The Balaban J connectivity index is 2.22. The fraction of sp³-hybridized carbons (Fsp3) is 0.417. The molecule has 2 aromatic carbocycles. The Hall–Kier alpha value is -2.36. The summed E-state index contributed by atoms with van der Waals surface area (Å²) in [5.74, 6) is -1.26. The maximum Gasteiger partial charge on any atom is 0.242 e. The summed E-state index contributed by atoms with van der Waals surface area (Å²) in [5, 5.41) is 3.28. The van der Waals surface area contributed by atoms with Gasteiger partial charge in [-0.1, -0.05) is 41.4 Å². The number of nitrogens with zero attached hydrogens (tertiary/aromatic N) is 2. The molecule has 0 aliphatic heterocycles. The van der Waals surface area contributed by atoms with Gasteiger partial charge < -0.3 is 10.2 Å². The minimum Gasteiger partial charge on any atom is -0.352 e. The Morgan fingerprint density at radius 3 is 2.34 bits per heavy atom. The predicted octanol–water partition coefficient (Wildman–Crippen LogP) is 4.62. The van der Waals surface area contributed by atoms with E-state index in [2.05, 4.69) is 5.32 Å². The van der Waals surface area contributed by atoms with E-state index in [1.54, 1.807) is 45.0 Å². The van der Waals surface area contributed by atoms with Crippen LogP contribution in [0.5, 0.6) is 0 Å². The summed E-state index contributed by atoms with van der Waals surface area (Å²) in [7, 11) is -3.72. The molecule has 1 atom stereocenters. The second kappa shape index (κ2) is 12.6. The number of nitrogens with one attached hydrogen (secondary N) is 1. The lowest BCUT2D eigenvalue weighted by atomic mass is 10.1. The van der Waals surface area contributed by atoms with E-state index in [1.165, 1.54) is 23.1 Å². The van der Waals surface area contributed by atoms with Crippen molar-refractivity contribution in [1.29, 1.82) is 0 Å². The van der Waals surface area contributed by atoms with Crippen molar-refractivity contribution in [2.75, 3.05) is 17.1 Å². The molecule has 1 N–H and O–H groups in total. The minimum absolute atomic E-state index is 0.0370. The SMILES string of the molecule is CC(C)NC(=O)[C@H](C)N(Cc1ccccc1F)C(=O)CCCN(c1cc(Cl)ccc1Cl)S(C)(=O)=O. The van der Waals surface area contributed by atoms with E-state index < -0.39 is 27.8 Å². The van der Waals surface area contributed by atoms with Gasteiger partial charge in [0, 0.05) is 36.1 Å². The first-order valence-electron chi connectivity index (χ1n) is 11.1. The van der Waals surface area contributed by atoms with Gasteiger partial charge in [-0.25, -0.2) is 12.8 Å². The third kappa shape index (κ3) is 8.37. The lowest BCUT2D eigenvalue weighted by molar-refractivity contribution is -0.140. The Kier molecular flexibility index (Phi) is 10.4. The summed E-state index contributed by atoms with van der Waals surface area (Å²) in [4.78, 5) is 27.1. The number of carbonyl (C=O) groups is 2. The van der Waals surface area contributed by atoms with Gasteiger partial charge in [-0.05, 0) is 51.5 Å². The van der Waals surface area contributed by atoms with Gasteiger partial charge in [-0.2, -0.15) is 0 Å². The zero-order valence-electron chi connectivity index (χ0n) is 20.1. The first-order valence-corrected chi connectivity index (χ1v) is 13.7. The largest absolute Gasteiger partial charge is 0.352 e. The molecule has 0 fully saturated rings. The number of hydrogen-bond acceptors (Lipinski definition) is 4. The molecular weight excluding hydrogens is 516 g/mol. The molecule has 2 rings (SSSR count). The number of sulfonamides is 1. The summed E-state index contributed by atoms with van der Waals surface area (Å²) in [6, 6.07) is 9.51. The summed E-state index contributed by atoms with van der Waals surface area (Å²) < 4.78 is 40.2. The van der Waals surface area contributed by atoms with Crippen molar-refractivity contribution in [1.82, 2.24) is 10.2 Å². The number of anilines is 1. The van der Waals surface area contributed by atoms with Crippen LogP contribution < -0.4 is 9.62 Å². The lowest BCUT2D eigenvalue weighted by Gasteiger charge is -2.30. The van der Waals surface area contributed by atoms with Crippen LogP contribution in [0.1, 0.15) is 39.2 Å². The molecule has 0 spiro atoms. The average Bonchev–Trinajstić information content (AvgIpc) is 2.76. The Morgan fingerprint density at radius 2 is 1.74 bits per heavy atom. The summed E-state index contributed by atoms with van der Waals surface area (Å²) in [6.07, 6.45) is 1.11. The normalized spacial score (nSPS) is 12.3. The molecule has 2 amide bonds.